The van der Waals surface area contributed by atoms with Gasteiger partial charge in [-0.25, -0.2) is 4.79 Å². The van der Waals surface area contributed by atoms with Crippen LogP contribution in [0.4, 0.5) is 4.79 Å². The molecule has 0 saturated carbocycles. The summed E-state index contributed by atoms with van der Waals surface area (Å²) in [5.74, 6) is -0.335. The van der Waals surface area contributed by atoms with Crippen molar-refractivity contribution in [3.63, 3.8) is 0 Å². The molecule has 0 bridgehead atoms. The molecule has 0 spiro atoms. The summed E-state index contributed by atoms with van der Waals surface area (Å²) in [6.45, 7) is 4.51. The van der Waals surface area contributed by atoms with E-state index in [9.17, 15) is 14.7 Å². The Morgan fingerprint density at radius 3 is 2.81 bits per heavy atom. The first-order chi connectivity index (χ1) is 12.3. The molecule has 1 aromatic heterocycles. The van der Waals surface area contributed by atoms with Gasteiger partial charge in [-0.05, 0) is 26.3 Å². The molecule has 1 atom stereocenters. The lowest BCUT2D eigenvalue weighted by Crippen LogP contribution is -2.50. The van der Waals surface area contributed by atoms with Gasteiger partial charge in [0.2, 0.25) is 0 Å². The molecule has 140 valence electrons. The number of ether oxygens (including phenoxy) is 1. The molecule has 2 aromatic rings. The quantitative estimate of drug-likeness (QED) is 0.868. The zero-order valence-electron chi connectivity index (χ0n) is 15.2. The Bertz CT molecular complexity index is 830. The molecular weight excluding hydrogens is 336 g/mol. The van der Waals surface area contributed by atoms with Crippen molar-refractivity contribution in [3.8, 4) is 0 Å². The number of rotatable bonds is 3. The van der Waals surface area contributed by atoms with Crippen LogP contribution in [0.1, 0.15) is 26.0 Å². The summed E-state index contributed by atoms with van der Waals surface area (Å²) >= 11 is 0. The number of aromatic nitrogens is 2. The molecule has 1 aliphatic heterocycles. The number of amides is 2. The Labute approximate surface area is 151 Å². The molecule has 1 aliphatic rings. The second kappa shape index (κ2) is 6.95. The van der Waals surface area contributed by atoms with Crippen LogP contribution in [0.15, 0.2) is 24.3 Å². The minimum Gasteiger partial charge on any atom is -0.465 e. The highest BCUT2D eigenvalue weighted by atomic mass is 16.5. The van der Waals surface area contributed by atoms with E-state index in [2.05, 4.69) is 10.4 Å². The van der Waals surface area contributed by atoms with E-state index < -0.39 is 17.7 Å². The number of carbonyl (C=O) groups is 2. The van der Waals surface area contributed by atoms with Crippen molar-refractivity contribution in [1.29, 1.82) is 0 Å². The molecule has 2 amide bonds. The van der Waals surface area contributed by atoms with Crippen LogP contribution >= 0.6 is 0 Å². The number of hydrogen-bond donors (Lipinski definition) is 2. The smallest absolute Gasteiger partial charge is 0.407 e. The largest absolute Gasteiger partial charge is 0.465 e. The van der Waals surface area contributed by atoms with Crippen LogP contribution in [0, 0.1) is 0 Å². The fraction of sp³-hybridized carbons (Fsp3) is 0.500. The van der Waals surface area contributed by atoms with Gasteiger partial charge in [0, 0.05) is 25.6 Å². The molecule has 3 rings (SSSR count). The van der Waals surface area contributed by atoms with E-state index in [1.54, 1.807) is 4.68 Å². The molecule has 1 saturated heterocycles. The fourth-order valence-corrected chi connectivity index (χ4v) is 3.28. The Morgan fingerprint density at radius 1 is 1.35 bits per heavy atom. The molecule has 26 heavy (non-hydrogen) atoms. The molecule has 8 heteroatoms. The van der Waals surface area contributed by atoms with Crippen molar-refractivity contribution >= 4 is 22.9 Å². The lowest BCUT2D eigenvalue weighted by atomic mass is 9.97. The van der Waals surface area contributed by atoms with Crippen LogP contribution in [-0.4, -0.2) is 57.6 Å². The van der Waals surface area contributed by atoms with E-state index in [4.69, 9.17) is 4.74 Å². The number of carboxylic acid groups (broad SMARTS) is 1. The maximum Gasteiger partial charge on any atom is 0.407 e. The van der Waals surface area contributed by atoms with Gasteiger partial charge in [0.15, 0.2) is 6.10 Å². The minimum absolute atomic E-state index is 0.0280. The highest BCUT2D eigenvalue weighted by Gasteiger charge is 2.34. The Morgan fingerprint density at radius 2 is 2.08 bits per heavy atom. The van der Waals surface area contributed by atoms with Gasteiger partial charge in [0.05, 0.1) is 23.3 Å². The molecule has 1 unspecified atom stereocenters. The maximum atomic E-state index is 12.8. The molecule has 0 aliphatic carbocycles. The van der Waals surface area contributed by atoms with Crippen molar-refractivity contribution < 1.29 is 19.4 Å². The van der Waals surface area contributed by atoms with Crippen molar-refractivity contribution in [1.82, 2.24) is 20.0 Å². The number of nitrogens with zero attached hydrogens (tertiary/aromatic N) is 3. The summed E-state index contributed by atoms with van der Waals surface area (Å²) in [6.07, 6.45) is -1.30. The predicted octanol–water partition coefficient (Wildman–Crippen LogP) is 1.69. The number of nitrogens with one attached hydrogen (secondary N) is 1. The molecule has 1 fully saturated rings. The van der Waals surface area contributed by atoms with E-state index >= 15 is 0 Å². The lowest BCUT2D eigenvalue weighted by molar-refractivity contribution is -0.134. The second-order valence-corrected chi connectivity index (χ2v) is 7.05. The molecule has 1 aromatic carbocycles. The van der Waals surface area contributed by atoms with Gasteiger partial charge >= 0.3 is 6.09 Å². The Kier molecular flexibility index (Phi) is 4.86. The van der Waals surface area contributed by atoms with Gasteiger partial charge in [-0.3, -0.25) is 9.48 Å². The molecule has 8 nitrogen and oxygen atoms in total. The summed E-state index contributed by atoms with van der Waals surface area (Å²) in [7, 11) is 1.86. The standard InChI is InChI=1S/C18H24N4O4/c1-18(2,15-12-7-4-5-8-13(12)21(3)20-15)19-16(23)14-11-22(17(24)25)9-6-10-26-14/h4-5,7-8,14H,6,9-11H2,1-3H3,(H,19,23)(H,24,25). The average molecular weight is 360 g/mol. The topological polar surface area (TPSA) is 96.7 Å². The minimum atomic E-state index is -1.04. The van der Waals surface area contributed by atoms with Crippen LogP contribution in [0.2, 0.25) is 0 Å². The summed E-state index contributed by atoms with van der Waals surface area (Å²) < 4.78 is 7.36. The van der Waals surface area contributed by atoms with E-state index in [1.165, 1.54) is 4.90 Å². The average Bonchev–Trinajstić information content (AvgIpc) is 2.78. The monoisotopic (exact) mass is 360 g/mol. The third kappa shape index (κ3) is 3.50. The number of para-hydroxylation sites is 1. The van der Waals surface area contributed by atoms with E-state index in [0.717, 1.165) is 16.6 Å². The number of aryl methyl sites for hydroxylation is 1. The maximum absolute atomic E-state index is 12.8. The summed E-state index contributed by atoms with van der Waals surface area (Å²) in [4.78, 5) is 25.2. The summed E-state index contributed by atoms with van der Waals surface area (Å²) in [5.41, 5.74) is 1.00. The lowest BCUT2D eigenvalue weighted by Gasteiger charge is -2.28. The SMILES string of the molecule is Cn1nc(C(C)(C)NC(=O)C2CN(C(=O)O)CCCO2)c2ccccc21. The van der Waals surface area contributed by atoms with E-state index in [-0.39, 0.29) is 12.5 Å². The van der Waals surface area contributed by atoms with Crippen molar-refractivity contribution in [2.45, 2.75) is 31.9 Å². The first kappa shape index (κ1) is 18.2. The zero-order chi connectivity index (χ0) is 18.9. The number of fused-ring (bicyclic) bond motifs is 1. The van der Waals surface area contributed by atoms with Gasteiger partial charge in [-0.1, -0.05) is 18.2 Å². The van der Waals surface area contributed by atoms with E-state index in [0.29, 0.717) is 19.6 Å². The normalized spacial score (nSPS) is 18.6. The Hall–Kier alpha value is -2.61. The van der Waals surface area contributed by atoms with Gasteiger partial charge in [-0.15, -0.1) is 0 Å². The van der Waals surface area contributed by atoms with Crippen LogP contribution in [0.3, 0.4) is 0 Å². The van der Waals surface area contributed by atoms with E-state index in [1.807, 2.05) is 45.2 Å². The summed E-state index contributed by atoms with van der Waals surface area (Å²) in [5, 5.41) is 17.7. The van der Waals surface area contributed by atoms with Crippen molar-refractivity contribution in [2.75, 3.05) is 19.7 Å². The third-order valence-electron chi connectivity index (χ3n) is 4.63. The van der Waals surface area contributed by atoms with Crippen LogP contribution in [-0.2, 0) is 22.1 Å². The Balaban J connectivity index is 1.81. The molecule has 2 heterocycles. The third-order valence-corrected chi connectivity index (χ3v) is 4.63. The molecule has 2 N–H and O–H groups in total. The number of carbonyl (C=O) groups excluding carboxylic acids is 1. The van der Waals surface area contributed by atoms with Gasteiger partial charge in [-0.2, -0.15) is 5.10 Å². The fourth-order valence-electron chi connectivity index (χ4n) is 3.28. The number of hydrogen-bond acceptors (Lipinski definition) is 4. The predicted molar refractivity (Wildman–Crippen MR) is 95.8 cm³/mol. The van der Waals surface area contributed by atoms with Gasteiger partial charge in [0.1, 0.15) is 0 Å². The first-order valence-electron chi connectivity index (χ1n) is 8.63. The van der Waals surface area contributed by atoms with Crippen molar-refractivity contribution in [2.24, 2.45) is 7.05 Å². The number of benzene rings is 1. The first-order valence-corrected chi connectivity index (χ1v) is 8.63. The molecule has 0 radical (unpaired) electrons. The highest BCUT2D eigenvalue weighted by molar-refractivity contribution is 5.86. The zero-order valence-corrected chi connectivity index (χ0v) is 15.2. The second-order valence-electron chi connectivity index (χ2n) is 7.05. The summed E-state index contributed by atoms with van der Waals surface area (Å²) in [6, 6.07) is 7.83. The van der Waals surface area contributed by atoms with Gasteiger partial charge < -0.3 is 20.1 Å². The van der Waals surface area contributed by atoms with Crippen molar-refractivity contribution in [3.05, 3.63) is 30.0 Å². The van der Waals surface area contributed by atoms with Crippen LogP contribution < -0.4 is 5.32 Å². The molecular formula is C18H24N4O4. The van der Waals surface area contributed by atoms with Crippen LogP contribution in [0.5, 0.6) is 0 Å². The van der Waals surface area contributed by atoms with Crippen LogP contribution in [0.25, 0.3) is 10.9 Å². The highest BCUT2D eigenvalue weighted by Crippen LogP contribution is 2.27. The van der Waals surface area contributed by atoms with Gasteiger partial charge in [0.25, 0.3) is 5.91 Å².